The molecule has 3 heterocycles. The molecule has 3 aromatic rings. The first-order valence-electron chi connectivity index (χ1n) is 9.19. The van der Waals surface area contributed by atoms with E-state index in [0.29, 0.717) is 13.1 Å². The van der Waals surface area contributed by atoms with Crippen molar-refractivity contribution in [2.24, 2.45) is 0 Å². The van der Waals surface area contributed by atoms with E-state index in [1.807, 2.05) is 24.3 Å². The number of amides is 1. The lowest BCUT2D eigenvalue weighted by Crippen LogP contribution is -2.30. The first kappa shape index (κ1) is 18.6. The summed E-state index contributed by atoms with van der Waals surface area (Å²) >= 11 is 3.40. The smallest absolute Gasteiger partial charge is 0.292 e. The second-order valence-electron chi connectivity index (χ2n) is 6.76. The van der Waals surface area contributed by atoms with Crippen LogP contribution in [0.25, 0.3) is 0 Å². The molecule has 4 rings (SSSR count). The average molecular weight is 446 g/mol. The molecule has 1 N–H and O–H groups in total. The van der Waals surface area contributed by atoms with Crippen molar-refractivity contribution in [1.82, 2.24) is 29.1 Å². The zero-order valence-electron chi connectivity index (χ0n) is 15.2. The molecule has 9 nitrogen and oxygen atoms in total. The van der Waals surface area contributed by atoms with E-state index in [0.717, 1.165) is 41.5 Å². The highest BCUT2D eigenvalue weighted by Crippen LogP contribution is 2.12. The number of anilines is 1. The van der Waals surface area contributed by atoms with Crippen molar-refractivity contribution < 1.29 is 4.79 Å². The van der Waals surface area contributed by atoms with Crippen LogP contribution in [0.3, 0.4) is 0 Å². The topological polar surface area (TPSA) is 99.6 Å². The Balaban J connectivity index is 1.39. The number of nitrogens with zero attached hydrogens (tertiary/aromatic N) is 6. The number of aryl methyl sites for hydroxylation is 1. The van der Waals surface area contributed by atoms with Crippen LogP contribution in [0.5, 0.6) is 0 Å². The third-order valence-electron chi connectivity index (χ3n) is 4.62. The number of benzene rings is 1. The van der Waals surface area contributed by atoms with E-state index in [1.54, 1.807) is 15.6 Å². The van der Waals surface area contributed by atoms with Gasteiger partial charge >= 0.3 is 5.69 Å². The monoisotopic (exact) mass is 445 g/mol. The number of nitrogens with one attached hydrogen (secondary N) is 1. The minimum Gasteiger partial charge on any atom is -0.292 e. The summed E-state index contributed by atoms with van der Waals surface area (Å²) in [5.74, 6) is 0.583. The summed E-state index contributed by atoms with van der Waals surface area (Å²) < 4.78 is 5.54. The highest BCUT2D eigenvalue weighted by molar-refractivity contribution is 9.10. The van der Waals surface area contributed by atoms with Gasteiger partial charge in [0.15, 0.2) is 0 Å². The van der Waals surface area contributed by atoms with Gasteiger partial charge in [0.25, 0.3) is 0 Å². The minimum atomic E-state index is -0.378. The Morgan fingerprint density at radius 1 is 1.14 bits per heavy atom. The minimum absolute atomic E-state index is 0.153. The van der Waals surface area contributed by atoms with Crippen LogP contribution in [0.15, 0.2) is 39.9 Å². The highest BCUT2D eigenvalue weighted by Gasteiger charge is 2.17. The van der Waals surface area contributed by atoms with Gasteiger partial charge in [-0.1, -0.05) is 34.5 Å². The van der Waals surface area contributed by atoms with E-state index in [1.165, 1.54) is 4.68 Å². The third kappa shape index (κ3) is 4.22. The normalized spacial score (nSPS) is 13.8. The van der Waals surface area contributed by atoms with Crippen LogP contribution in [0, 0.1) is 0 Å². The van der Waals surface area contributed by atoms with E-state index >= 15 is 0 Å². The molecule has 0 fully saturated rings. The zero-order valence-corrected chi connectivity index (χ0v) is 16.8. The summed E-state index contributed by atoms with van der Waals surface area (Å²) in [5.41, 5.74) is 0.831. The molecule has 1 aliphatic heterocycles. The van der Waals surface area contributed by atoms with Crippen LogP contribution in [0.1, 0.15) is 30.7 Å². The van der Waals surface area contributed by atoms with E-state index in [-0.39, 0.29) is 24.1 Å². The van der Waals surface area contributed by atoms with Crippen molar-refractivity contribution in [3.63, 3.8) is 0 Å². The summed E-state index contributed by atoms with van der Waals surface area (Å²) in [6.07, 6.45) is 5.40. The van der Waals surface area contributed by atoms with E-state index < -0.39 is 0 Å². The maximum atomic E-state index is 12.4. The predicted molar refractivity (Wildman–Crippen MR) is 106 cm³/mol. The molecule has 0 spiro atoms. The molecular weight excluding hydrogens is 426 g/mol. The molecule has 0 bridgehead atoms. The van der Waals surface area contributed by atoms with E-state index in [4.69, 9.17) is 0 Å². The maximum Gasteiger partial charge on any atom is 0.346 e. The quantitative estimate of drug-likeness (QED) is 0.645. The Labute approximate surface area is 169 Å². The largest absolute Gasteiger partial charge is 0.346 e. The van der Waals surface area contributed by atoms with Gasteiger partial charge in [0, 0.05) is 17.4 Å². The molecule has 1 aromatic carbocycles. The molecule has 0 atom stereocenters. The van der Waals surface area contributed by atoms with Gasteiger partial charge in [0.05, 0.1) is 6.54 Å². The van der Waals surface area contributed by atoms with Crippen LogP contribution in [0.2, 0.25) is 0 Å². The molecule has 1 aliphatic rings. The van der Waals surface area contributed by atoms with Gasteiger partial charge < -0.3 is 0 Å². The first-order valence-corrected chi connectivity index (χ1v) is 9.98. The van der Waals surface area contributed by atoms with Gasteiger partial charge in [-0.15, -0.1) is 5.10 Å². The van der Waals surface area contributed by atoms with E-state index in [2.05, 4.69) is 36.4 Å². The highest BCUT2D eigenvalue weighted by atomic mass is 79.9. The Hall–Kier alpha value is -2.75. The molecule has 28 heavy (non-hydrogen) atoms. The second kappa shape index (κ2) is 8.09. The van der Waals surface area contributed by atoms with Crippen molar-refractivity contribution >= 4 is 27.8 Å². The number of hydrogen-bond donors (Lipinski definition) is 1. The van der Waals surface area contributed by atoms with Crippen LogP contribution in [0.4, 0.5) is 5.95 Å². The standard InChI is InChI=1S/C18H20BrN7O2/c19-14-7-5-13(6-8-14)10-24-12-20-17(23-24)21-16(27)11-26-18(28)25-9-3-1-2-4-15(25)22-26/h5-8,12H,1-4,9-11H2,(H,21,23,27). The fourth-order valence-electron chi connectivity index (χ4n) is 3.23. The fraction of sp³-hybridized carbons (Fsp3) is 0.389. The summed E-state index contributed by atoms with van der Waals surface area (Å²) in [4.78, 5) is 28.8. The Morgan fingerprint density at radius 2 is 1.96 bits per heavy atom. The Bertz CT molecular complexity index is 1040. The fourth-order valence-corrected chi connectivity index (χ4v) is 3.50. The first-order chi connectivity index (χ1) is 13.6. The number of fused-ring (bicyclic) bond motifs is 1. The third-order valence-corrected chi connectivity index (χ3v) is 5.15. The number of rotatable bonds is 5. The summed E-state index contributed by atoms with van der Waals surface area (Å²) in [6, 6.07) is 7.89. The molecule has 0 unspecified atom stereocenters. The zero-order chi connectivity index (χ0) is 19.5. The lowest BCUT2D eigenvalue weighted by molar-refractivity contribution is -0.117. The Morgan fingerprint density at radius 3 is 2.79 bits per heavy atom. The Kier molecular flexibility index (Phi) is 5.38. The number of aromatic nitrogens is 6. The molecule has 0 saturated carbocycles. The van der Waals surface area contributed by atoms with Gasteiger partial charge in [0.1, 0.15) is 18.7 Å². The predicted octanol–water partition coefficient (Wildman–Crippen LogP) is 1.81. The van der Waals surface area contributed by atoms with Gasteiger partial charge in [0.2, 0.25) is 11.9 Å². The second-order valence-corrected chi connectivity index (χ2v) is 7.67. The summed E-state index contributed by atoms with van der Waals surface area (Å²) in [7, 11) is 0. The van der Waals surface area contributed by atoms with Crippen molar-refractivity contribution in [2.75, 3.05) is 5.32 Å². The van der Waals surface area contributed by atoms with Gasteiger partial charge in [-0.3, -0.25) is 14.7 Å². The maximum absolute atomic E-state index is 12.4. The van der Waals surface area contributed by atoms with Crippen LogP contribution in [-0.2, 0) is 30.8 Å². The average Bonchev–Trinajstić information content (AvgIpc) is 3.12. The lowest BCUT2D eigenvalue weighted by Gasteiger charge is -2.02. The number of carbonyl (C=O) groups excluding carboxylic acids is 1. The SMILES string of the molecule is O=C(Cn1nc2n(c1=O)CCCCC2)Nc1ncn(Cc2ccc(Br)cc2)n1. The van der Waals surface area contributed by atoms with Crippen LogP contribution < -0.4 is 11.0 Å². The summed E-state index contributed by atoms with van der Waals surface area (Å²) in [6.45, 7) is 1.06. The van der Waals surface area contributed by atoms with Crippen LogP contribution >= 0.6 is 15.9 Å². The number of carbonyl (C=O) groups is 1. The number of hydrogen-bond acceptors (Lipinski definition) is 5. The molecule has 10 heteroatoms. The van der Waals surface area contributed by atoms with Crippen molar-refractivity contribution in [1.29, 1.82) is 0 Å². The molecule has 146 valence electrons. The molecule has 2 aromatic heterocycles. The number of halogens is 1. The van der Waals surface area contributed by atoms with Gasteiger partial charge in [-0.05, 0) is 30.5 Å². The lowest BCUT2D eigenvalue weighted by atomic mass is 10.2. The molecule has 1 amide bonds. The molecular formula is C18H20BrN7O2. The van der Waals surface area contributed by atoms with Crippen molar-refractivity contribution in [3.8, 4) is 0 Å². The summed E-state index contributed by atoms with van der Waals surface area (Å²) in [5, 5.41) is 11.2. The van der Waals surface area contributed by atoms with Gasteiger partial charge in [-0.2, -0.15) is 5.10 Å². The van der Waals surface area contributed by atoms with Crippen molar-refractivity contribution in [3.05, 3.63) is 56.9 Å². The molecule has 0 radical (unpaired) electrons. The van der Waals surface area contributed by atoms with E-state index in [9.17, 15) is 9.59 Å². The molecule has 0 saturated heterocycles. The van der Waals surface area contributed by atoms with Crippen LogP contribution in [-0.4, -0.2) is 35.0 Å². The molecule has 0 aliphatic carbocycles. The van der Waals surface area contributed by atoms with Gasteiger partial charge in [-0.25, -0.2) is 19.1 Å². The van der Waals surface area contributed by atoms with Crippen molar-refractivity contribution in [2.45, 2.75) is 45.3 Å².